The fourth-order valence-electron chi connectivity index (χ4n) is 2.50. The maximum absolute atomic E-state index is 6.00. The van der Waals surface area contributed by atoms with Crippen LogP contribution in [0, 0.1) is 0 Å². The molecule has 1 heterocycles. The predicted molar refractivity (Wildman–Crippen MR) is 82.0 cm³/mol. The largest absolute Gasteiger partial charge is 0.378 e. The summed E-state index contributed by atoms with van der Waals surface area (Å²) in [5.41, 5.74) is 4.04. The van der Waals surface area contributed by atoms with Crippen molar-refractivity contribution in [3.8, 4) is 0 Å². The highest BCUT2D eigenvalue weighted by molar-refractivity contribution is 9.10. The Bertz CT molecular complexity index is 410. The Labute approximate surface area is 127 Å². The van der Waals surface area contributed by atoms with Gasteiger partial charge in [0.2, 0.25) is 0 Å². The van der Waals surface area contributed by atoms with Crippen LogP contribution >= 0.6 is 27.5 Å². The van der Waals surface area contributed by atoms with Crippen LogP contribution in [-0.2, 0) is 4.74 Å². The van der Waals surface area contributed by atoms with Gasteiger partial charge in [-0.25, -0.2) is 0 Å². The Hall–Kier alpha value is -0.130. The zero-order valence-corrected chi connectivity index (χ0v) is 13.2. The molecule has 1 aromatic carbocycles. The maximum Gasteiger partial charge on any atom is 0.0576 e. The lowest BCUT2D eigenvalue weighted by atomic mass is 10.00. The summed E-state index contributed by atoms with van der Waals surface area (Å²) in [6, 6.07) is 6.10. The number of halogens is 2. The first-order valence-electron chi connectivity index (χ1n) is 6.73. The van der Waals surface area contributed by atoms with Gasteiger partial charge >= 0.3 is 0 Å². The third-order valence-electron chi connectivity index (χ3n) is 3.59. The minimum absolute atomic E-state index is 0.162. The van der Waals surface area contributed by atoms with E-state index in [9.17, 15) is 0 Å². The molecule has 2 rings (SSSR count). The molecule has 0 bridgehead atoms. The third kappa shape index (κ3) is 4.43. The highest BCUT2D eigenvalue weighted by Gasteiger charge is 2.17. The van der Waals surface area contributed by atoms with Gasteiger partial charge in [0.1, 0.15) is 0 Å². The van der Waals surface area contributed by atoms with Crippen molar-refractivity contribution in [3.63, 3.8) is 0 Å². The molecule has 1 aromatic rings. The van der Waals surface area contributed by atoms with Crippen molar-refractivity contribution in [1.29, 1.82) is 0 Å². The standard InChI is InChI=1S/C14H20BrClN2O/c15-12-9-10(6-7-13(12)16)14(18-17)5-1-3-11-4-2-8-19-11/h6-7,9,11,14,18H,1-5,8,17H2. The molecule has 5 heteroatoms. The molecule has 19 heavy (non-hydrogen) atoms. The van der Waals surface area contributed by atoms with E-state index in [4.69, 9.17) is 22.2 Å². The van der Waals surface area contributed by atoms with E-state index < -0.39 is 0 Å². The monoisotopic (exact) mass is 346 g/mol. The molecule has 3 nitrogen and oxygen atoms in total. The quantitative estimate of drug-likeness (QED) is 0.605. The van der Waals surface area contributed by atoms with Crippen LogP contribution in [-0.4, -0.2) is 12.7 Å². The number of benzene rings is 1. The molecule has 0 saturated carbocycles. The van der Waals surface area contributed by atoms with E-state index in [-0.39, 0.29) is 6.04 Å². The normalized spacial score (nSPS) is 20.7. The second kappa shape index (κ2) is 7.60. The molecule has 1 fully saturated rings. The number of hydrazine groups is 1. The van der Waals surface area contributed by atoms with Gasteiger partial charge in [-0.1, -0.05) is 17.7 Å². The molecule has 2 atom stereocenters. The van der Waals surface area contributed by atoms with Crippen molar-refractivity contribution < 1.29 is 4.74 Å². The van der Waals surface area contributed by atoms with E-state index in [2.05, 4.69) is 21.4 Å². The number of nitrogens with one attached hydrogen (secondary N) is 1. The zero-order valence-electron chi connectivity index (χ0n) is 10.9. The van der Waals surface area contributed by atoms with Crippen LogP contribution in [0.1, 0.15) is 43.7 Å². The van der Waals surface area contributed by atoms with Gasteiger partial charge in [0, 0.05) is 17.1 Å². The second-order valence-corrected chi connectivity index (χ2v) is 6.22. The van der Waals surface area contributed by atoms with Gasteiger partial charge in [-0.2, -0.15) is 0 Å². The van der Waals surface area contributed by atoms with Crippen molar-refractivity contribution >= 4 is 27.5 Å². The number of nitrogens with two attached hydrogens (primary N) is 1. The summed E-state index contributed by atoms with van der Waals surface area (Å²) >= 11 is 9.45. The fourth-order valence-corrected chi connectivity index (χ4v) is 3.01. The number of rotatable bonds is 6. The highest BCUT2D eigenvalue weighted by atomic mass is 79.9. The highest BCUT2D eigenvalue weighted by Crippen LogP contribution is 2.28. The molecule has 0 spiro atoms. The Kier molecular flexibility index (Phi) is 6.10. The Morgan fingerprint density at radius 1 is 1.53 bits per heavy atom. The van der Waals surface area contributed by atoms with Crippen LogP contribution in [0.25, 0.3) is 0 Å². The minimum Gasteiger partial charge on any atom is -0.378 e. The Morgan fingerprint density at radius 3 is 3.00 bits per heavy atom. The maximum atomic E-state index is 6.00. The Morgan fingerprint density at radius 2 is 2.37 bits per heavy atom. The van der Waals surface area contributed by atoms with Gasteiger partial charge in [0.25, 0.3) is 0 Å². The van der Waals surface area contributed by atoms with Gasteiger partial charge in [-0.15, -0.1) is 0 Å². The first-order chi connectivity index (χ1) is 9.20. The van der Waals surface area contributed by atoms with E-state index in [0.717, 1.165) is 40.9 Å². The average molecular weight is 348 g/mol. The van der Waals surface area contributed by atoms with Crippen LogP contribution in [0.5, 0.6) is 0 Å². The summed E-state index contributed by atoms with van der Waals surface area (Å²) in [5.74, 6) is 5.66. The molecule has 0 aromatic heterocycles. The molecular weight excluding hydrogens is 328 g/mol. The van der Waals surface area contributed by atoms with E-state index >= 15 is 0 Å². The summed E-state index contributed by atoms with van der Waals surface area (Å²) in [4.78, 5) is 0. The number of hydrogen-bond donors (Lipinski definition) is 2. The number of hydrogen-bond acceptors (Lipinski definition) is 3. The summed E-state index contributed by atoms with van der Waals surface area (Å²) < 4.78 is 6.54. The minimum atomic E-state index is 0.162. The first kappa shape index (κ1) is 15.3. The van der Waals surface area contributed by atoms with Crippen LogP contribution < -0.4 is 11.3 Å². The van der Waals surface area contributed by atoms with Crippen molar-refractivity contribution in [1.82, 2.24) is 5.43 Å². The lowest BCUT2D eigenvalue weighted by molar-refractivity contribution is 0.101. The molecule has 2 unspecified atom stereocenters. The second-order valence-electron chi connectivity index (χ2n) is 4.96. The molecular formula is C14H20BrClN2O. The van der Waals surface area contributed by atoms with E-state index in [1.165, 1.54) is 12.8 Å². The van der Waals surface area contributed by atoms with Gasteiger partial charge in [-0.3, -0.25) is 11.3 Å². The van der Waals surface area contributed by atoms with Gasteiger partial charge in [0.05, 0.1) is 11.1 Å². The van der Waals surface area contributed by atoms with Crippen molar-refractivity contribution in [2.45, 2.75) is 44.2 Å². The molecule has 1 saturated heterocycles. The van der Waals surface area contributed by atoms with Crippen molar-refractivity contribution in [3.05, 3.63) is 33.3 Å². The summed E-state index contributed by atoms with van der Waals surface area (Å²) in [6.07, 6.45) is 6.09. The lowest BCUT2D eigenvalue weighted by Crippen LogP contribution is -2.28. The number of ether oxygens (including phenoxy) is 1. The van der Waals surface area contributed by atoms with Crippen LogP contribution in [0.3, 0.4) is 0 Å². The Balaban J connectivity index is 1.86. The predicted octanol–water partition coefficient (Wildman–Crippen LogP) is 3.96. The first-order valence-corrected chi connectivity index (χ1v) is 7.90. The molecule has 1 aliphatic heterocycles. The third-order valence-corrected chi connectivity index (χ3v) is 4.80. The van der Waals surface area contributed by atoms with Crippen LogP contribution in [0.15, 0.2) is 22.7 Å². The van der Waals surface area contributed by atoms with Gasteiger partial charge < -0.3 is 4.74 Å². The van der Waals surface area contributed by atoms with E-state index in [0.29, 0.717) is 6.10 Å². The molecule has 3 N–H and O–H groups in total. The van der Waals surface area contributed by atoms with Gasteiger partial charge in [0.15, 0.2) is 0 Å². The molecule has 106 valence electrons. The lowest BCUT2D eigenvalue weighted by Gasteiger charge is -2.18. The summed E-state index contributed by atoms with van der Waals surface area (Å²) in [7, 11) is 0. The van der Waals surface area contributed by atoms with Crippen molar-refractivity contribution in [2.75, 3.05) is 6.61 Å². The van der Waals surface area contributed by atoms with E-state index in [1.807, 2.05) is 18.2 Å². The molecule has 0 aliphatic carbocycles. The molecule has 0 amide bonds. The summed E-state index contributed by atoms with van der Waals surface area (Å²) in [5, 5.41) is 0.721. The summed E-state index contributed by atoms with van der Waals surface area (Å²) in [6.45, 7) is 0.924. The fraction of sp³-hybridized carbons (Fsp3) is 0.571. The van der Waals surface area contributed by atoms with Crippen LogP contribution in [0.2, 0.25) is 5.02 Å². The molecule has 1 aliphatic rings. The van der Waals surface area contributed by atoms with Crippen molar-refractivity contribution in [2.24, 2.45) is 5.84 Å². The van der Waals surface area contributed by atoms with Crippen LogP contribution in [0.4, 0.5) is 0 Å². The van der Waals surface area contributed by atoms with E-state index in [1.54, 1.807) is 0 Å². The van der Waals surface area contributed by atoms with Gasteiger partial charge in [-0.05, 0) is 65.7 Å². The topological polar surface area (TPSA) is 47.3 Å². The molecule has 0 radical (unpaired) electrons. The average Bonchev–Trinajstić information content (AvgIpc) is 2.91. The smallest absolute Gasteiger partial charge is 0.0576 e. The SMILES string of the molecule is NNC(CCCC1CCCO1)c1ccc(Cl)c(Br)c1. The zero-order chi connectivity index (χ0) is 13.7.